The number of benzene rings is 2. The van der Waals surface area contributed by atoms with Gasteiger partial charge in [-0.15, -0.1) is 0 Å². The van der Waals surface area contributed by atoms with E-state index >= 15 is 0 Å². The summed E-state index contributed by atoms with van der Waals surface area (Å²) in [7, 11) is 0. The van der Waals surface area contributed by atoms with Crippen LogP contribution in [0.1, 0.15) is 5.56 Å². The highest BCUT2D eigenvalue weighted by Crippen LogP contribution is 2.23. The van der Waals surface area contributed by atoms with Crippen LogP contribution < -0.4 is 16.1 Å². The number of hydrogen-bond donors (Lipinski definition) is 2. The third-order valence-corrected chi connectivity index (χ3v) is 3.92. The molecule has 112 valence electrons. The number of thiocarbonyl (C=S) groups is 1. The molecule has 1 saturated heterocycles. The van der Waals surface area contributed by atoms with Gasteiger partial charge in [0.05, 0.1) is 10.9 Å². The van der Waals surface area contributed by atoms with Crippen LogP contribution in [0.15, 0.2) is 57.6 Å². The van der Waals surface area contributed by atoms with E-state index in [0.29, 0.717) is 11.0 Å². The van der Waals surface area contributed by atoms with Crippen molar-refractivity contribution in [1.29, 1.82) is 0 Å². The third kappa shape index (κ3) is 2.20. The molecule has 1 aliphatic rings. The van der Waals surface area contributed by atoms with Gasteiger partial charge in [-0.2, -0.15) is 0 Å². The molecule has 1 aromatic heterocycles. The molecule has 0 atom stereocenters. The van der Waals surface area contributed by atoms with Gasteiger partial charge in [-0.25, -0.2) is 0 Å². The molecule has 23 heavy (non-hydrogen) atoms. The largest absolute Gasteiger partial charge is 0.463 e. The molecule has 1 aliphatic heterocycles. The topological polar surface area (TPSA) is 71.3 Å². The van der Waals surface area contributed by atoms with Gasteiger partial charge in [0.1, 0.15) is 17.5 Å². The monoisotopic (exact) mass is 322 g/mol. The minimum atomic E-state index is -0.368. The van der Waals surface area contributed by atoms with Gasteiger partial charge in [-0.1, -0.05) is 30.3 Å². The predicted molar refractivity (Wildman–Crippen MR) is 91.8 cm³/mol. The number of fused-ring (bicyclic) bond motifs is 3. The van der Waals surface area contributed by atoms with Gasteiger partial charge in [0.25, 0.3) is 5.91 Å². The smallest absolute Gasteiger partial charge is 0.273 e. The molecule has 6 heteroatoms. The Morgan fingerprint density at radius 3 is 2.65 bits per heavy atom. The average molecular weight is 322 g/mol. The first-order valence-corrected chi connectivity index (χ1v) is 7.31. The summed E-state index contributed by atoms with van der Waals surface area (Å²) in [6.45, 7) is 0. The predicted octanol–water partition coefficient (Wildman–Crippen LogP) is 2.29. The normalized spacial score (nSPS) is 16.1. The van der Waals surface area contributed by atoms with Crippen molar-refractivity contribution in [2.45, 2.75) is 0 Å². The van der Waals surface area contributed by atoms with Crippen LogP contribution in [0.3, 0.4) is 0 Å². The molecule has 0 unspecified atom stereocenters. The van der Waals surface area contributed by atoms with E-state index in [1.54, 1.807) is 6.07 Å². The molecule has 2 N–H and O–H groups in total. The van der Waals surface area contributed by atoms with E-state index in [1.165, 1.54) is 12.3 Å². The lowest BCUT2D eigenvalue weighted by molar-refractivity contribution is -0.115. The first-order chi connectivity index (χ1) is 11.1. The molecule has 2 heterocycles. The maximum Gasteiger partial charge on any atom is 0.273 e. The van der Waals surface area contributed by atoms with E-state index in [4.69, 9.17) is 16.6 Å². The third-order valence-electron chi connectivity index (χ3n) is 3.71. The van der Waals surface area contributed by atoms with Gasteiger partial charge in [0.2, 0.25) is 5.43 Å². The quantitative estimate of drug-likeness (QED) is 0.409. The molecule has 0 bridgehead atoms. The van der Waals surface area contributed by atoms with Crippen LogP contribution in [0, 0.1) is 0 Å². The van der Waals surface area contributed by atoms with Crippen LogP contribution in [0.2, 0.25) is 0 Å². The summed E-state index contributed by atoms with van der Waals surface area (Å²) < 4.78 is 5.57. The second-order valence-electron chi connectivity index (χ2n) is 5.15. The van der Waals surface area contributed by atoms with Gasteiger partial charge >= 0.3 is 0 Å². The van der Waals surface area contributed by atoms with E-state index in [0.717, 1.165) is 10.8 Å². The number of hydrogen-bond acceptors (Lipinski definition) is 4. The highest BCUT2D eigenvalue weighted by Gasteiger charge is 2.21. The van der Waals surface area contributed by atoms with Crippen LogP contribution in [0.5, 0.6) is 0 Å². The number of nitrogens with one attached hydrogen (secondary N) is 2. The minimum Gasteiger partial charge on any atom is -0.463 e. The highest BCUT2D eigenvalue weighted by molar-refractivity contribution is 7.80. The molecule has 1 fully saturated rings. The van der Waals surface area contributed by atoms with Gasteiger partial charge in [0, 0.05) is 0 Å². The van der Waals surface area contributed by atoms with Crippen LogP contribution in [-0.4, -0.2) is 11.0 Å². The Kier molecular flexibility index (Phi) is 2.99. The lowest BCUT2D eigenvalue weighted by Gasteiger charge is -2.03. The van der Waals surface area contributed by atoms with Crippen LogP contribution in [0.4, 0.5) is 0 Å². The summed E-state index contributed by atoms with van der Waals surface area (Å²) in [5, 5.41) is 7.66. The number of carbonyl (C=O) groups is 1. The van der Waals surface area contributed by atoms with Crippen LogP contribution >= 0.6 is 12.2 Å². The summed E-state index contributed by atoms with van der Waals surface area (Å²) in [6, 6.07) is 11.3. The Bertz CT molecular complexity index is 1080. The molecular formula is C17H10N2O3S. The summed E-state index contributed by atoms with van der Waals surface area (Å²) >= 11 is 4.88. The maximum atomic E-state index is 12.8. The first-order valence-electron chi connectivity index (χ1n) is 6.91. The molecular weight excluding hydrogens is 312 g/mol. The van der Waals surface area contributed by atoms with Crippen molar-refractivity contribution >= 4 is 51.1 Å². The summed E-state index contributed by atoms with van der Waals surface area (Å²) in [5.41, 5.74) is 0.830. The molecule has 2 aromatic carbocycles. The molecule has 0 saturated carbocycles. The van der Waals surface area contributed by atoms with Gasteiger partial charge in [0.15, 0.2) is 5.11 Å². The van der Waals surface area contributed by atoms with Gasteiger partial charge in [-0.3, -0.25) is 14.9 Å². The summed E-state index contributed by atoms with van der Waals surface area (Å²) in [6.07, 6.45) is 2.80. The SMILES string of the molecule is O=C1NC(=S)N/C1=C\c1coc2ccc3ccccc3c2c1=O. The van der Waals surface area contributed by atoms with E-state index in [2.05, 4.69) is 10.6 Å². The fraction of sp³-hybridized carbons (Fsp3) is 0. The minimum absolute atomic E-state index is 0.192. The van der Waals surface area contributed by atoms with Crippen molar-refractivity contribution in [3.8, 4) is 0 Å². The van der Waals surface area contributed by atoms with Gasteiger partial charge in [-0.05, 0) is 35.1 Å². The standard InChI is InChI=1S/C17H10N2O3S/c20-15-10(7-12-16(21)19-17(23)18-12)8-22-13-6-5-9-3-1-2-4-11(9)14(13)15/h1-8H,(H2,18,19,21,23)/b12-7-. The zero-order valence-electron chi connectivity index (χ0n) is 11.8. The number of rotatable bonds is 1. The van der Waals surface area contributed by atoms with Crippen molar-refractivity contribution in [3.63, 3.8) is 0 Å². The van der Waals surface area contributed by atoms with Crippen molar-refractivity contribution in [1.82, 2.24) is 10.6 Å². The second-order valence-corrected chi connectivity index (χ2v) is 5.55. The first kappa shape index (κ1) is 13.7. The molecule has 1 amide bonds. The fourth-order valence-corrected chi connectivity index (χ4v) is 2.85. The van der Waals surface area contributed by atoms with E-state index < -0.39 is 0 Å². The maximum absolute atomic E-state index is 12.8. The van der Waals surface area contributed by atoms with E-state index in [9.17, 15) is 9.59 Å². The highest BCUT2D eigenvalue weighted by atomic mass is 32.1. The van der Waals surface area contributed by atoms with Crippen LogP contribution in [-0.2, 0) is 4.79 Å². The lowest BCUT2D eigenvalue weighted by Crippen LogP contribution is -2.21. The number of amides is 1. The Morgan fingerprint density at radius 1 is 1.04 bits per heavy atom. The summed E-state index contributed by atoms with van der Waals surface area (Å²) in [5.74, 6) is -0.368. The summed E-state index contributed by atoms with van der Waals surface area (Å²) in [4.78, 5) is 24.5. The molecule has 3 aromatic rings. The number of carbonyl (C=O) groups excluding carboxylic acids is 1. The van der Waals surface area contributed by atoms with Crippen molar-refractivity contribution in [3.05, 3.63) is 64.1 Å². The Balaban J connectivity index is 2.00. The molecule has 4 rings (SSSR count). The van der Waals surface area contributed by atoms with Crippen LogP contribution in [0.25, 0.3) is 27.8 Å². The zero-order chi connectivity index (χ0) is 16.0. The average Bonchev–Trinajstić information content (AvgIpc) is 2.87. The molecule has 5 nitrogen and oxygen atoms in total. The van der Waals surface area contributed by atoms with Crippen molar-refractivity contribution < 1.29 is 9.21 Å². The van der Waals surface area contributed by atoms with Crippen molar-refractivity contribution in [2.75, 3.05) is 0 Å². The molecule has 0 radical (unpaired) electrons. The fourth-order valence-electron chi connectivity index (χ4n) is 2.65. The Labute approximate surface area is 135 Å². The van der Waals surface area contributed by atoms with Gasteiger partial charge < -0.3 is 9.73 Å². The molecule has 0 aliphatic carbocycles. The van der Waals surface area contributed by atoms with E-state index in [-0.39, 0.29) is 27.7 Å². The Morgan fingerprint density at radius 2 is 1.87 bits per heavy atom. The lowest BCUT2D eigenvalue weighted by atomic mass is 10.0. The zero-order valence-corrected chi connectivity index (χ0v) is 12.6. The Hall–Kier alpha value is -2.99. The van der Waals surface area contributed by atoms with Crippen molar-refractivity contribution in [2.24, 2.45) is 0 Å². The molecule has 0 spiro atoms. The van der Waals surface area contributed by atoms with E-state index in [1.807, 2.05) is 30.3 Å². The second kappa shape index (κ2) is 5.03.